The van der Waals surface area contributed by atoms with Crippen molar-refractivity contribution >= 4 is 39.2 Å². The van der Waals surface area contributed by atoms with Crippen LogP contribution in [0.15, 0.2) is 18.2 Å². The first-order chi connectivity index (χ1) is 9.75. The lowest BCUT2D eigenvalue weighted by Gasteiger charge is -2.10. The Kier molecular flexibility index (Phi) is 5.98. The fourth-order valence-corrected chi connectivity index (χ4v) is 2.84. The lowest BCUT2D eigenvalue weighted by molar-refractivity contribution is -0.140. The van der Waals surface area contributed by atoms with Gasteiger partial charge in [0.15, 0.2) is 0 Å². The van der Waals surface area contributed by atoms with E-state index < -0.39 is 21.9 Å². The van der Waals surface area contributed by atoms with E-state index in [-0.39, 0.29) is 34.9 Å². The third kappa shape index (κ3) is 5.60. The number of carbonyl (C=O) groups excluding carboxylic acids is 2. The maximum Gasteiger partial charge on any atom is 0.305 e. The molecule has 1 aromatic carbocycles. The lowest BCUT2D eigenvalue weighted by Crippen LogP contribution is -2.19. The molecule has 0 saturated carbocycles. The van der Waals surface area contributed by atoms with Crippen LogP contribution in [0.4, 0.5) is 5.69 Å². The molecule has 0 radical (unpaired) electrons. The molecular weight excluding hydrogens is 320 g/mol. The van der Waals surface area contributed by atoms with Gasteiger partial charge in [0.2, 0.25) is 15.9 Å². The molecule has 0 fully saturated rings. The molecule has 1 amide bonds. The molecule has 0 atom stereocenters. The van der Waals surface area contributed by atoms with Gasteiger partial charge in [-0.05, 0) is 24.6 Å². The molecule has 7 nitrogen and oxygen atoms in total. The monoisotopic (exact) mass is 334 g/mol. The number of primary amides is 1. The fraction of sp³-hybridized carbons (Fsp3) is 0.333. The number of methoxy groups -OCH3 is 1. The number of rotatable bonds is 7. The van der Waals surface area contributed by atoms with Gasteiger partial charge in [0.05, 0.1) is 23.6 Å². The second kappa shape index (κ2) is 7.28. The third-order valence-electron chi connectivity index (χ3n) is 2.54. The number of ether oxygens (including phenoxy) is 1. The summed E-state index contributed by atoms with van der Waals surface area (Å²) in [6, 6.07) is 4.01. The first-order valence-electron chi connectivity index (χ1n) is 5.92. The Bertz CT molecular complexity index is 645. The van der Waals surface area contributed by atoms with Gasteiger partial charge in [0, 0.05) is 12.0 Å². The second-order valence-corrected chi connectivity index (χ2v) is 6.41. The molecule has 0 aliphatic carbocycles. The van der Waals surface area contributed by atoms with Gasteiger partial charge in [-0.3, -0.25) is 14.3 Å². The molecule has 0 unspecified atom stereocenters. The predicted molar refractivity (Wildman–Crippen MR) is 78.6 cm³/mol. The van der Waals surface area contributed by atoms with Crippen LogP contribution < -0.4 is 10.5 Å². The minimum Gasteiger partial charge on any atom is -0.469 e. The Labute approximate surface area is 127 Å². The average molecular weight is 335 g/mol. The van der Waals surface area contributed by atoms with E-state index in [2.05, 4.69) is 9.46 Å². The van der Waals surface area contributed by atoms with Gasteiger partial charge in [0.1, 0.15) is 0 Å². The zero-order valence-corrected chi connectivity index (χ0v) is 12.8. The molecule has 0 bridgehead atoms. The van der Waals surface area contributed by atoms with Gasteiger partial charge in [0.25, 0.3) is 0 Å². The Hall–Kier alpha value is -1.80. The quantitative estimate of drug-likeness (QED) is 0.725. The summed E-state index contributed by atoms with van der Waals surface area (Å²) < 4.78 is 30.4. The van der Waals surface area contributed by atoms with Gasteiger partial charge in [-0.15, -0.1) is 0 Å². The maximum absolute atomic E-state index is 11.9. The summed E-state index contributed by atoms with van der Waals surface area (Å²) in [6.45, 7) is 0. The van der Waals surface area contributed by atoms with Crippen LogP contribution in [-0.4, -0.2) is 33.2 Å². The van der Waals surface area contributed by atoms with E-state index in [9.17, 15) is 18.0 Å². The number of hydrogen-bond acceptors (Lipinski definition) is 5. The van der Waals surface area contributed by atoms with E-state index in [1.54, 1.807) is 0 Å². The topological polar surface area (TPSA) is 116 Å². The number of amides is 1. The molecule has 9 heteroatoms. The lowest BCUT2D eigenvalue weighted by atomic mass is 10.2. The van der Waals surface area contributed by atoms with Crippen LogP contribution in [0.25, 0.3) is 0 Å². The van der Waals surface area contributed by atoms with Gasteiger partial charge in [-0.25, -0.2) is 8.42 Å². The van der Waals surface area contributed by atoms with Crippen LogP contribution >= 0.6 is 11.6 Å². The molecule has 1 aromatic rings. The molecule has 3 N–H and O–H groups in total. The normalized spacial score (nSPS) is 11.0. The highest BCUT2D eigenvalue weighted by molar-refractivity contribution is 7.92. The maximum atomic E-state index is 11.9. The summed E-state index contributed by atoms with van der Waals surface area (Å²) in [5.41, 5.74) is 5.31. The molecule has 116 valence electrons. The molecule has 0 spiro atoms. The molecule has 0 heterocycles. The molecule has 21 heavy (non-hydrogen) atoms. The SMILES string of the molecule is COC(=O)CCCS(=O)(=O)Nc1cc(C(N)=O)ccc1Cl. The zero-order chi connectivity index (χ0) is 16.0. The van der Waals surface area contributed by atoms with E-state index in [1.807, 2.05) is 0 Å². The second-order valence-electron chi connectivity index (χ2n) is 4.16. The van der Waals surface area contributed by atoms with Gasteiger partial charge >= 0.3 is 5.97 Å². The van der Waals surface area contributed by atoms with Crippen LogP contribution in [0.3, 0.4) is 0 Å². The summed E-state index contributed by atoms with van der Waals surface area (Å²) in [6.07, 6.45) is 0.0988. The molecule has 1 rings (SSSR count). The highest BCUT2D eigenvalue weighted by Gasteiger charge is 2.15. The highest BCUT2D eigenvalue weighted by Crippen LogP contribution is 2.24. The van der Waals surface area contributed by atoms with Gasteiger partial charge < -0.3 is 10.5 Å². The van der Waals surface area contributed by atoms with Crippen LogP contribution in [0, 0.1) is 0 Å². The Balaban J connectivity index is 2.77. The molecule has 0 aliphatic heterocycles. The van der Waals surface area contributed by atoms with Crippen LogP contribution in [0.1, 0.15) is 23.2 Å². The summed E-state index contributed by atoms with van der Waals surface area (Å²) in [7, 11) is -2.47. The van der Waals surface area contributed by atoms with Crippen molar-refractivity contribution in [3.8, 4) is 0 Å². The average Bonchev–Trinajstić information content (AvgIpc) is 2.40. The van der Waals surface area contributed by atoms with Crippen LogP contribution in [-0.2, 0) is 19.6 Å². The van der Waals surface area contributed by atoms with E-state index in [0.717, 1.165) is 0 Å². The van der Waals surface area contributed by atoms with Crippen molar-refractivity contribution < 1.29 is 22.7 Å². The predicted octanol–water partition coefficient (Wildman–Crippen LogP) is 1.13. The molecule has 0 saturated heterocycles. The minimum atomic E-state index is -3.70. The standard InChI is InChI=1S/C12H15ClN2O5S/c1-20-11(16)3-2-6-21(18,19)15-10-7-8(12(14)17)4-5-9(10)13/h4-5,7,15H,2-3,6H2,1H3,(H2,14,17). The number of hydrogen-bond donors (Lipinski definition) is 2. The van der Waals surface area contributed by atoms with Gasteiger partial charge in [-0.2, -0.15) is 0 Å². The smallest absolute Gasteiger partial charge is 0.305 e. The van der Waals surface area contributed by atoms with E-state index in [4.69, 9.17) is 17.3 Å². The van der Waals surface area contributed by atoms with Crippen molar-refractivity contribution in [3.63, 3.8) is 0 Å². The summed E-state index contributed by atoms with van der Waals surface area (Å²) in [5.74, 6) is -1.46. The Morgan fingerprint density at radius 1 is 1.38 bits per heavy atom. The number of nitrogens with one attached hydrogen (secondary N) is 1. The van der Waals surface area contributed by atoms with E-state index in [0.29, 0.717) is 0 Å². The minimum absolute atomic E-state index is 0.00747. The Morgan fingerprint density at radius 2 is 2.05 bits per heavy atom. The summed E-state index contributed by atoms with van der Waals surface area (Å²) in [4.78, 5) is 22.0. The number of halogens is 1. The highest BCUT2D eigenvalue weighted by atomic mass is 35.5. The van der Waals surface area contributed by atoms with Gasteiger partial charge in [-0.1, -0.05) is 11.6 Å². The number of benzene rings is 1. The summed E-state index contributed by atoms with van der Waals surface area (Å²) >= 11 is 5.86. The first-order valence-corrected chi connectivity index (χ1v) is 7.95. The number of anilines is 1. The third-order valence-corrected chi connectivity index (χ3v) is 4.22. The number of nitrogens with two attached hydrogens (primary N) is 1. The number of esters is 1. The van der Waals surface area contributed by atoms with Crippen molar-refractivity contribution in [1.82, 2.24) is 0 Å². The van der Waals surface area contributed by atoms with Crippen molar-refractivity contribution in [1.29, 1.82) is 0 Å². The number of sulfonamides is 1. The van der Waals surface area contributed by atoms with E-state index >= 15 is 0 Å². The van der Waals surface area contributed by atoms with Crippen LogP contribution in [0.2, 0.25) is 5.02 Å². The van der Waals surface area contributed by atoms with Crippen LogP contribution in [0.5, 0.6) is 0 Å². The van der Waals surface area contributed by atoms with Crippen molar-refractivity contribution in [3.05, 3.63) is 28.8 Å². The first kappa shape index (κ1) is 17.3. The molecule has 0 aromatic heterocycles. The van der Waals surface area contributed by atoms with E-state index in [1.165, 1.54) is 25.3 Å². The van der Waals surface area contributed by atoms with Crippen molar-refractivity contribution in [2.45, 2.75) is 12.8 Å². The summed E-state index contributed by atoms with van der Waals surface area (Å²) in [5, 5.41) is 0.136. The van der Waals surface area contributed by atoms with Crippen molar-refractivity contribution in [2.75, 3.05) is 17.6 Å². The molecular formula is C12H15ClN2O5S. The fourth-order valence-electron chi connectivity index (χ4n) is 1.48. The zero-order valence-electron chi connectivity index (χ0n) is 11.3. The van der Waals surface area contributed by atoms with Crippen molar-refractivity contribution in [2.24, 2.45) is 5.73 Å². The Morgan fingerprint density at radius 3 is 2.62 bits per heavy atom. The number of carbonyl (C=O) groups is 2. The molecule has 0 aliphatic rings. The largest absolute Gasteiger partial charge is 0.469 e.